The third-order valence-corrected chi connectivity index (χ3v) is 8.97. The van der Waals surface area contributed by atoms with Gasteiger partial charge in [-0.05, 0) is 120 Å². The van der Waals surface area contributed by atoms with Gasteiger partial charge in [-0.25, -0.2) is 9.97 Å². The Hall–Kier alpha value is -1.52. The number of halogens is 5. The highest BCUT2D eigenvalue weighted by Gasteiger charge is 2.22. The monoisotopic (exact) mass is 744 g/mol. The molecular weight excluding hydrogens is 697 g/mol. The number of hydrogen-bond donors (Lipinski definition) is 2. The Morgan fingerprint density at radius 1 is 0.435 bits per heavy atom. The maximum absolute atomic E-state index is 5.28. The van der Waals surface area contributed by atoms with Crippen molar-refractivity contribution in [2.45, 2.75) is 107 Å². The van der Waals surface area contributed by atoms with Crippen LogP contribution < -0.4 is 0 Å². The number of nitrogens with zero attached hydrogens (tertiary/aromatic N) is 2. The molecule has 0 amide bonds. The van der Waals surface area contributed by atoms with E-state index in [1.807, 2.05) is 0 Å². The van der Waals surface area contributed by atoms with Crippen LogP contribution in [-0.4, -0.2) is 19.9 Å². The van der Waals surface area contributed by atoms with Crippen molar-refractivity contribution in [3.63, 3.8) is 0 Å². The molecule has 2 aliphatic rings. The first-order valence-corrected chi connectivity index (χ1v) is 19.1. The molecule has 0 unspecified atom stereocenters. The molecule has 0 aliphatic carbocycles. The van der Waals surface area contributed by atoms with E-state index in [0.717, 1.165) is 74.1 Å². The molecule has 0 aromatic carbocycles. The minimum atomic E-state index is 0. The summed E-state index contributed by atoms with van der Waals surface area (Å²) in [6.45, 7) is 18.1. The molecule has 0 fully saturated rings. The Morgan fingerprint density at radius 3 is 0.913 bits per heavy atom. The average Bonchev–Trinajstić information content (AvgIpc) is 3.72. The smallest absolute Gasteiger partial charge is 0.0713 e. The third kappa shape index (κ3) is 8.19. The minimum Gasteiger partial charge on any atom is -0.355 e. The number of allylic oxidation sites excluding steroid dienone is 4. The lowest BCUT2D eigenvalue weighted by atomic mass is 9.97. The highest BCUT2D eigenvalue weighted by atomic mass is 35.9. The van der Waals surface area contributed by atoms with Crippen LogP contribution in [0.3, 0.4) is 0 Å². The minimum absolute atomic E-state index is 0. The summed E-state index contributed by atoms with van der Waals surface area (Å²) in [5, 5.41) is 0. The van der Waals surface area contributed by atoms with Crippen LogP contribution in [-0.2, 0) is 25.7 Å². The van der Waals surface area contributed by atoms with Gasteiger partial charge in [-0.15, -0.1) is 37.2 Å². The van der Waals surface area contributed by atoms with Gasteiger partial charge in [-0.1, -0.05) is 77.9 Å². The van der Waals surface area contributed by atoms with E-state index in [1.54, 1.807) is 0 Å². The van der Waals surface area contributed by atoms with E-state index in [0.29, 0.717) is 0 Å². The van der Waals surface area contributed by atoms with Crippen molar-refractivity contribution < 1.29 is 0 Å². The summed E-state index contributed by atoms with van der Waals surface area (Å²) in [5.41, 5.74) is 20.2. The molecule has 46 heavy (non-hydrogen) atoms. The number of aromatic amines is 2. The summed E-state index contributed by atoms with van der Waals surface area (Å²) in [5.74, 6) is 0. The van der Waals surface area contributed by atoms with E-state index < -0.39 is 0 Å². The van der Waals surface area contributed by atoms with Crippen LogP contribution in [0.5, 0.6) is 0 Å². The van der Waals surface area contributed by atoms with Crippen LogP contribution in [0, 0.1) is 0 Å². The zero-order chi connectivity index (χ0) is 31.3. The molecule has 4 nitrogen and oxygen atoms in total. The fourth-order valence-corrected chi connectivity index (χ4v) is 7.10. The maximum Gasteiger partial charge on any atom is 0.0713 e. The van der Waals surface area contributed by atoms with E-state index in [1.165, 1.54) is 66.6 Å². The summed E-state index contributed by atoms with van der Waals surface area (Å²) in [4.78, 5) is 18.2. The van der Waals surface area contributed by atoms with Gasteiger partial charge in [0, 0.05) is 22.1 Å². The Morgan fingerprint density at radius 2 is 0.674 bits per heavy atom. The molecule has 0 saturated heterocycles. The standard InChI is InChI=1S/C36H46N4.Cl2HP.3ClH/c1-9-21-22(10-2)30-18-32-25(13-5)26(14-6)34(39-32)20-36-28(16-8)27(15-7)35(40-36)19-33-24(12-4)23(11-3)31(38-33)17-29(21)37-30;1-3-2;;;/h17-20,37-38H,9-16H2,1-8H3;3H;3*1H. The number of H-pyrrole nitrogens is 2. The maximum atomic E-state index is 5.28. The van der Waals surface area contributed by atoms with Crippen molar-refractivity contribution in [3.8, 4) is 0 Å². The second-order valence-electron chi connectivity index (χ2n) is 11.0. The molecular formula is C36H50Cl5N4P. The predicted molar refractivity (Wildman–Crippen MR) is 215 cm³/mol. The molecule has 0 radical (unpaired) electrons. The first kappa shape index (κ1) is 42.5. The van der Waals surface area contributed by atoms with Gasteiger partial charge < -0.3 is 9.97 Å². The normalized spacial score (nSPS) is 12.2. The van der Waals surface area contributed by atoms with E-state index in [9.17, 15) is 0 Å². The van der Waals surface area contributed by atoms with Gasteiger partial charge in [0.2, 0.25) is 0 Å². The highest BCUT2D eigenvalue weighted by Crippen LogP contribution is 2.39. The van der Waals surface area contributed by atoms with Crippen molar-refractivity contribution in [1.82, 2.24) is 19.9 Å². The topological polar surface area (TPSA) is 57.4 Å². The van der Waals surface area contributed by atoms with Gasteiger partial charge in [-0.3, -0.25) is 0 Å². The quantitative estimate of drug-likeness (QED) is 0.226. The summed E-state index contributed by atoms with van der Waals surface area (Å²) < 4.78 is 0. The summed E-state index contributed by atoms with van der Waals surface area (Å²) in [6, 6.07) is 9.24. The SMILES string of the molecule is CCC1=C(CC)c2cc3[nH]c(cc4[nH]c(cc5nc(cc1n2)C(CC)=C5CC)c(CC)c4CC)c(CC)c3CC.Cl.Cl.Cl.ClPCl. The molecule has 10 heteroatoms. The lowest BCUT2D eigenvalue weighted by Crippen LogP contribution is -1.87. The van der Waals surface area contributed by atoms with Crippen LogP contribution in [0.25, 0.3) is 44.4 Å². The van der Waals surface area contributed by atoms with Gasteiger partial charge in [0.15, 0.2) is 0 Å². The van der Waals surface area contributed by atoms with Crippen molar-refractivity contribution in [2.24, 2.45) is 0 Å². The summed E-state index contributed by atoms with van der Waals surface area (Å²) in [6.07, 6.45) is 7.84. The Bertz CT molecular complexity index is 1600. The van der Waals surface area contributed by atoms with Crippen LogP contribution in [0.15, 0.2) is 24.3 Å². The fourth-order valence-electron chi connectivity index (χ4n) is 7.10. The zero-order valence-electron chi connectivity index (χ0n) is 28.3. The van der Waals surface area contributed by atoms with E-state index in [4.69, 9.17) is 32.4 Å². The van der Waals surface area contributed by atoms with Gasteiger partial charge in [0.25, 0.3) is 0 Å². The number of rotatable bonds is 8. The fraction of sp³-hybridized carbons (Fsp3) is 0.444. The summed E-state index contributed by atoms with van der Waals surface area (Å²) in [7, 11) is 0.0278. The van der Waals surface area contributed by atoms with Crippen molar-refractivity contribution in [2.75, 3.05) is 0 Å². The third-order valence-electron chi connectivity index (χ3n) is 8.97. The number of nitrogens with one attached hydrogen (secondary N) is 2. The predicted octanol–water partition coefficient (Wildman–Crippen LogP) is 13.3. The van der Waals surface area contributed by atoms with Gasteiger partial charge in [-0.2, -0.15) is 0 Å². The molecule has 0 saturated carbocycles. The Balaban J connectivity index is 0.00000170. The van der Waals surface area contributed by atoms with Crippen molar-refractivity contribution in [1.29, 1.82) is 0 Å². The van der Waals surface area contributed by atoms with Gasteiger partial charge >= 0.3 is 0 Å². The molecule has 5 heterocycles. The number of fused-ring (bicyclic) bond motifs is 8. The molecule has 0 atom stereocenters. The van der Waals surface area contributed by atoms with E-state index >= 15 is 0 Å². The highest BCUT2D eigenvalue weighted by molar-refractivity contribution is 7.90. The molecule has 2 aliphatic heterocycles. The summed E-state index contributed by atoms with van der Waals surface area (Å²) >= 11 is 9.58. The second kappa shape index (κ2) is 19.5. The van der Waals surface area contributed by atoms with Crippen LogP contribution >= 0.6 is 67.0 Å². The number of aryl methyl sites for hydroxylation is 4. The van der Waals surface area contributed by atoms with Crippen molar-refractivity contribution >= 4 is 111 Å². The Labute approximate surface area is 305 Å². The molecule has 5 rings (SSSR count). The van der Waals surface area contributed by atoms with Gasteiger partial charge in [0.05, 0.1) is 30.1 Å². The molecule has 2 N–H and O–H groups in total. The van der Waals surface area contributed by atoms with E-state index in [-0.39, 0.29) is 44.5 Å². The zero-order valence-corrected chi connectivity index (χ0v) is 33.3. The van der Waals surface area contributed by atoms with E-state index in [2.05, 4.69) is 89.6 Å². The second-order valence-corrected chi connectivity index (χ2v) is 12.8. The molecule has 254 valence electrons. The average molecular weight is 747 g/mol. The molecule has 8 bridgehead atoms. The lowest BCUT2D eigenvalue weighted by molar-refractivity contribution is 1.07. The number of aromatic nitrogens is 4. The molecule has 3 aromatic rings. The van der Waals surface area contributed by atoms with Crippen LogP contribution in [0.2, 0.25) is 0 Å². The molecule has 3 aromatic heterocycles. The van der Waals surface area contributed by atoms with Crippen LogP contribution in [0.1, 0.15) is 126 Å². The van der Waals surface area contributed by atoms with Crippen molar-refractivity contribution in [3.05, 3.63) is 69.3 Å². The number of hydrogen-bond acceptors (Lipinski definition) is 2. The van der Waals surface area contributed by atoms with Gasteiger partial charge in [0.1, 0.15) is 0 Å². The Kier molecular flexibility index (Phi) is 18.0. The lowest BCUT2D eigenvalue weighted by Gasteiger charge is -2.04. The first-order chi connectivity index (χ1) is 20.9. The molecule has 0 spiro atoms. The largest absolute Gasteiger partial charge is 0.355 e. The first-order valence-electron chi connectivity index (χ1n) is 16.1. The van der Waals surface area contributed by atoms with Crippen LogP contribution in [0.4, 0.5) is 0 Å².